The number of ether oxygens (including phenoxy) is 2. The molecule has 0 saturated carbocycles. The van der Waals surface area contributed by atoms with E-state index in [-0.39, 0.29) is 24.4 Å². The topological polar surface area (TPSA) is 81.4 Å². The van der Waals surface area contributed by atoms with Crippen LogP contribution in [0.1, 0.15) is 17.8 Å². The Labute approximate surface area is 233 Å². The maximum Gasteiger partial charge on any atom is 0.215 e. The Morgan fingerprint density at radius 3 is 2.54 bits per heavy atom. The summed E-state index contributed by atoms with van der Waals surface area (Å²) < 4.78 is 42.2. The van der Waals surface area contributed by atoms with Gasteiger partial charge in [0.15, 0.2) is 22.4 Å². The molecule has 9 nitrogen and oxygen atoms in total. The zero-order valence-electron chi connectivity index (χ0n) is 20.9. The molecule has 0 N–H and O–H groups in total. The molecule has 5 heterocycles. The van der Waals surface area contributed by atoms with Crippen LogP contribution in [0.5, 0.6) is 5.88 Å². The second-order valence-electron chi connectivity index (χ2n) is 9.54. The molecule has 204 valence electrons. The van der Waals surface area contributed by atoms with Crippen molar-refractivity contribution in [2.24, 2.45) is 0 Å². The number of fused-ring (bicyclic) bond motifs is 1. The maximum absolute atomic E-state index is 14.7. The number of imidazole rings is 1. The Balaban J connectivity index is 1.11. The highest BCUT2D eigenvalue weighted by Gasteiger charge is 2.26. The van der Waals surface area contributed by atoms with E-state index in [1.165, 1.54) is 18.2 Å². The summed E-state index contributed by atoms with van der Waals surface area (Å²) in [7, 11) is 0. The molecule has 0 unspecified atom stereocenters. The number of hydrogen-bond acceptors (Lipinski definition) is 8. The van der Waals surface area contributed by atoms with Gasteiger partial charge in [-0.1, -0.05) is 29.3 Å². The number of hydrogen-bond donors (Lipinski definition) is 0. The molecule has 0 amide bonds. The smallest absolute Gasteiger partial charge is 0.215 e. The molecule has 0 aliphatic carbocycles. The van der Waals surface area contributed by atoms with Crippen molar-refractivity contribution in [2.75, 3.05) is 37.7 Å². The molecule has 39 heavy (non-hydrogen) atoms. The molecule has 0 spiro atoms. The quantitative estimate of drug-likeness (QED) is 0.304. The summed E-state index contributed by atoms with van der Waals surface area (Å²) in [4.78, 5) is 13.3. The number of rotatable bonds is 8. The fourth-order valence-electron chi connectivity index (χ4n) is 4.72. The first kappa shape index (κ1) is 26.1. The lowest BCUT2D eigenvalue weighted by Gasteiger charge is -2.35. The van der Waals surface area contributed by atoms with Crippen molar-refractivity contribution in [3.8, 4) is 5.88 Å². The summed E-state index contributed by atoms with van der Waals surface area (Å²) >= 11 is 11.9. The van der Waals surface area contributed by atoms with E-state index in [9.17, 15) is 8.78 Å². The van der Waals surface area contributed by atoms with Gasteiger partial charge in [-0.25, -0.2) is 13.8 Å². The van der Waals surface area contributed by atoms with E-state index in [0.29, 0.717) is 66.2 Å². The SMILES string of the molecule is Fc1cc(Cl)ccc1COc1ccc(F)c(N2CCN(Cc3nc4cc(Cl)nnc4n3C[C@@H]3CCO3)CC2)n1. The second kappa shape index (κ2) is 11.2. The molecule has 4 aromatic rings. The maximum atomic E-state index is 14.7. The van der Waals surface area contributed by atoms with Gasteiger partial charge in [0.1, 0.15) is 23.8 Å². The molecule has 1 atom stereocenters. The molecule has 3 aromatic heterocycles. The predicted octanol–water partition coefficient (Wildman–Crippen LogP) is 4.50. The minimum atomic E-state index is -0.468. The van der Waals surface area contributed by atoms with Gasteiger partial charge in [-0.2, -0.15) is 4.98 Å². The van der Waals surface area contributed by atoms with Gasteiger partial charge >= 0.3 is 0 Å². The van der Waals surface area contributed by atoms with E-state index in [0.717, 1.165) is 18.9 Å². The van der Waals surface area contributed by atoms with Gasteiger partial charge in [0.2, 0.25) is 5.88 Å². The van der Waals surface area contributed by atoms with Crippen LogP contribution in [-0.4, -0.2) is 68.5 Å². The van der Waals surface area contributed by atoms with Gasteiger partial charge in [-0.05, 0) is 24.6 Å². The van der Waals surface area contributed by atoms with E-state index in [1.807, 2.05) is 4.90 Å². The van der Waals surface area contributed by atoms with Crippen molar-refractivity contribution in [1.82, 2.24) is 29.6 Å². The van der Waals surface area contributed by atoms with E-state index in [2.05, 4.69) is 24.6 Å². The number of pyridine rings is 1. The number of halogens is 4. The molecule has 2 saturated heterocycles. The van der Waals surface area contributed by atoms with Crippen molar-refractivity contribution >= 4 is 40.2 Å². The van der Waals surface area contributed by atoms with Gasteiger partial charge in [-0.3, -0.25) is 4.90 Å². The standard InChI is InChI=1S/C26H25Cl2F2N7O2/c27-17-2-1-16(20(30)11-17)15-39-24-4-3-19(29)25(32-24)36-8-6-35(7-9-36)14-23-31-21-12-22(28)33-34-26(21)37(23)13-18-5-10-38-18/h1-4,11-12,18H,5-10,13-15H2/t18-/m0/s1. The van der Waals surface area contributed by atoms with Crippen LogP contribution in [0.25, 0.3) is 11.2 Å². The zero-order chi connectivity index (χ0) is 26.9. The van der Waals surface area contributed by atoms with Gasteiger partial charge in [-0.15, -0.1) is 10.2 Å². The second-order valence-corrected chi connectivity index (χ2v) is 10.4. The van der Waals surface area contributed by atoms with Crippen molar-refractivity contribution < 1.29 is 18.3 Å². The van der Waals surface area contributed by atoms with Gasteiger partial charge in [0, 0.05) is 55.5 Å². The minimum absolute atomic E-state index is 0.0443. The van der Waals surface area contributed by atoms with Crippen LogP contribution in [0.3, 0.4) is 0 Å². The first-order valence-electron chi connectivity index (χ1n) is 12.6. The highest BCUT2D eigenvalue weighted by atomic mass is 35.5. The average Bonchev–Trinajstić information content (AvgIpc) is 3.22. The lowest BCUT2D eigenvalue weighted by Crippen LogP contribution is -2.47. The zero-order valence-corrected chi connectivity index (χ0v) is 22.4. The van der Waals surface area contributed by atoms with Gasteiger partial charge in [0.05, 0.1) is 19.2 Å². The Kier molecular flexibility index (Phi) is 7.48. The highest BCUT2D eigenvalue weighted by molar-refractivity contribution is 6.30. The molecular formula is C26H25Cl2F2N7O2. The molecule has 0 bridgehead atoms. The van der Waals surface area contributed by atoms with E-state index < -0.39 is 11.6 Å². The summed E-state index contributed by atoms with van der Waals surface area (Å²) in [5, 5.41) is 8.86. The minimum Gasteiger partial charge on any atom is -0.473 e. The first-order chi connectivity index (χ1) is 18.9. The Morgan fingerprint density at radius 2 is 1.79 bits per heavy atom. The Morgan fingerprint density at radius 1 is 0.974 bits per heavy atom. The summed E-state index contributed by atoms with van der Waals surface area (Å²) in [6.45, 7) is 4.46. The lowest BCUT2D eigenvalue weighted by atomic mass is 10.2. The Hall–Kier alpha value is -3.12. The molecular weight excluding hydrogens is 551 g/mol. The molecule has 0 radical (unpaired) electrons. The number of benzene rings is 1. The highest BCUT2D eigenvalue weighted by Crippen LogP contribution is 2.25. The largest absolute Gasteiger partial charge is 0.473 e. The summed E-state index contributed by atoms with van der Waals surface area (Å²) in [6.07, 6.45) is 1.13. The molecule has 1 aromatic carbocycles. The Bertz CT molecular complexity index is 1490. The van der Waals surface area contributed by atoms with Crippen LogP contribution in [0, 0.1) is 11.6 Å². The molecule has 13 heteroatoms. The van der Waals surface area contributed by atoms with Gasteiger partial charge in [0.25, 0.3) is 0 Å². The third kappa shape index (κ3) is 5.76. The van der Waals surface area contributed by atoms with Crippen molar-refractivity contribution in [1.29, 1.82) is 0 Å². The first-order valence-corrected chi connectivity index (χ1v) is 13.4. The summed E-state index contributed by atoms with van der Waals surface area (Å²) in [6, 6.07) is 8.84. The van der Waals surface area contributed by atoms with Crippen molar-refractivity contribution in [3.63, 3.8) is 0 Å². The fraction of sp³-hybridized carbons (Fsp3) is 0.385. The van der Waals surface area contributed by atoms with Crippen LogP contribution < -0.4 is 9.64 Å². The van der Waals surface area contributed by atoms with Gasteiger partial charge < -0.3 is 18.9 Å². The van der Waals surface area contributed by atoms with Crippen LogP contribution >= 0.6 is 23.2 Å². The van der Waals surface area contributed by atoms with E-state index in [1.54, 1.807) is 18.2 Å². The number of aromatic nitrogens is 5. The normalized spacial score (nSPS) is 17.9. The molecule has 2 aliphatic heterocycles. The number of nitrogens with zero attached hydrogens (tertiary/aromatic N) is 7. The van der Waals surface area contributed by atoms with Crippen molar-refractivity contribution in [2.45, 2.75) is 32.2 Å². The molecule has 2 fully saturated rings. The van der Waals surface area contributed by atoms with Crippen LogP contribution in [0.15, 0.2) is 36.4 Å². The summed E-state index contributed by atoms with van der Waals surface area (Å²) in [5.41, 5.74) is 1.72. The van der Waals surface area contributed by atoms with Crippen LogP contribution in [0.4, 0.5) is 14.6 Å². The van der Waals surface area contributed by atoms with E-state index >= 15 is 0 Å². The number of anilines is 1. The third-order valence-corrected chi connectivity index (χ3v) is 7.37. The van der Waals surface area contributed by atoms with Crippen molar-refractivity contribution in [3.05, 3.63) is 69.6 Å². The van der Waals surface area contributed by atoms with E-state index in [4.69, 9.17) is 37.7 Å². The predicted molar refractivity (Wildman–Crippen MR) is 142 cm³/mol. The number of piperazine rings is 1. The monoisotopic (exact) mass is 575 g/mol. The summed E-state index contributed by atoms with van der Waals surface area (Å²) in [5.74, 6) is 0.383. The molecule has 2 aliphatic rings. The lowest BCUT2D eigenvalue weighted by molar-refractivity contribution is -0.0592. The molecule has 6 rings (SSSR count). The third-order valence-electron chi connectivity index (χ3n) is 6.95. The fourth-order valence-corrected chi connectivity index (χ4v) is 5.02. The average molecular weight is 576 g/mol. The van der Waals surface area contributed by atoms with Crippen LogP contribution in [0.2, 0.25) is 10.2 Å². The van der Waals surface area contributed by atoms with Crippen LogP contribution in [-0.2, 0) is 24.4 Å².